The van der Waals surface area contributed by atoms with Crippen molar-refractivity contribution >= 4 is 18.0 Å². The van der Waals surface area contributed by atoms with Gasteiger partial charge in [0.15, 0.2) is 18.1 Å². The molecule has 1 aromatic rings. The van der Waals surface area contributed by atoms with Crippen LogP contribution in [0.5, 0.6) is 11.5 Å². The predicted octanol–water partition coefficient (Wildman–Crippen LogP) is 2.05. The molecule has 0 fully saturated rings. The van der Waals surface area contributed by atoms with Gasteiger partial charge in [-0.15, -0.1) is 0 Å². The lowest BCUT2D eigenvalue weighted by molar-refractivity contribution is -0.148. The zero-order valence-corrected chi connectivity index (χ0v) is 16.5. The Morgan fingerprint density at radius 3 is 2.61 bits per heavy atom. The molecule has 0 radical (unpaired) electrons. The first kappa shape index (κ1) is 21.3. The van der Waals surface area contributed by atoms with E-state index in [0.717, 1.165) is 5.56 Å². The summed E-state index contributed by atoms with van der Waals surface area (Å²) in [5.41, 5.74) is 0.225. The fourth-order valence-electron chi connectivity index (χ4n) is 2.35. The molecule has 0 saturated carbocycles. The summed E-state index contributed by atoms with van der Waals surface area (Å²) in [7, 11) is 0. The second kappa shape index (κ2) is 9.29. The topological polar surface area (TPSA) is 112 Å². The van der Waals surface area contributed by atoms with Crippen molar-refractivity contribution in [2.75, 3.05) is 19.9 Å². The number of alkyl carbamates (subject to hydrolysis) is 1. The Bertz CT molecular complexity index is 727. The molecule has 2 amide bonds. The van der Waals surface area contributed by atoms with E-state index < -0.39 is 30.2 Å². The van der Waals surface area contributed by atoms with Gasteiger partial charge in [0.05, 0.1) is 12.5 Å². The van der Waals surface area contributed by atoms with E-state index in [1.54, 1.807) is 32.9 Å². The third-order valence-electron chi connectivity index (χ3n) is 3.64. The Morgan fingerprint density at radius 1 is 1.18 bits per heavy atom. The molecular formula is C19H26N2O7. The van der Waals surface area contributed by atoms with Crippen LogP contribution in [-0.2, 0) is 19.1 Å². The number of carbonyl (C=O) groups excluding carboxylic acids is 3. The molecule has 0 unspecified atom stereocenters. The Kier molecular flexibility index (Phi) is 7.08. The molecule has 0 saturated heterocycles. The van der Waals surface area contributed by atoms with E-state index in [1.807, 2.05) is 13.0 Å². The van der Waals surface area contributed by atoms with Crippen molar-refractivity contribution in [3.63, 3.8) is 0 Å². The molecule has 9 heteroatoms. The molecule has 0 aromatic heterocycles. The van der Waals surface area contributed by atoms with Gasteiger partial charge < -0.3 is 29.6 Å². The van der Waals surface area contributed by atoms with Gasteiger partial charge in [-0.25, -0.2) is 4.79 Å². The fraction of sp³-hybridized carbons (Fsp3) is 0.526. The van der Waals surface area contributed by atoms with Crippen LogP contribution in [-0.4, -0.2) is 43.5 Å². The fourth-order valence-corrected chi connectivity index (χ4v) is 2.35. The summed E-state index contributed by atoms with van der Waals surface area (Å²) in [4.78, 5) is 35.1. The van der Waals surface area contributed by atoms with E-state index in [-0.39, 0.29) is 25.8 Å². The van der Waals surface area contributed by atoms with E-state index >= 15 is 0 Å². The van der Waals surface area contributed by atoms with Crippen molar-refractivity contribution in [3.8, 4) is 11.5 Å². The lowest BCUT2D eigenvalue weighted by Crippen LogP contribution is -2.34. The highest BCUT2D eigenvalue weighted by atomic mass is 16.7. The summed E-state index contributed by atoms with van der Waals surface area (Å²) >= 11 is 0. The molecule has 1 aromatic carbocycles. The third kappa shape index (κ3) is 6.98. The van der Waals surface area contributed by atoms with Crippen molar-refractivity contribution in [2.45, 2.75) is 45.8 Å². The van der Waals surface area contributed by atoms with Crippen molar-refractivity contribution in [1.29, 1.82) is 0 Å². The number of carbonyl (C=O) groups is 3. The minimum absolute atomic E-state index is 0.0585. The zero-order chi connectivity index (χ0) is 20.7. The van der Waals surface area contributed by atoms with Crippen molar-refractivity contribution < 1.29 is 33.3 Å². The Hall–Kier alpha value is -2.97. The van der Waals surface area contributed by atoms with Gasteiger partial charge >= 0.3 is 12.1 Å². The second-order valence-corrected chi connectivity index (χ2v) is 7.24. The van der Waals surface area contributed by atoms with E-state index in [2.05, 4.69) is 10.6 Å². The predicted molar refractivity (Wildman–Crippen MR) is 98.9 cm³/mol. The Morgan fingerprint density at radius 2 is 1.89 bits per heavy atom. The second-order valence-electron chi connectivity index (χ2n) is 7.24. The Balaban J connectivity index is 1.66. The minimum atomic E-state index is -0.615. The number of ether oxygens (including phenoxy) is 4. The maximum absolute atomic E-state index is 12.0. The SMILES string of the molecule is C[C@@H](NC(=O)COC(=O)CCNC(=O)OC(C)(C)C)c1ccc2c(c1)OCO2. The monoisotopic (exact) mass is 394 g/mol. The van der Waals surface area contributed by atoms with E-state index in [1.165, 1.54) is 0 Å². The number of fused-ring (bicyclic) bond motifs is 1. The number of hydrogen-bond acceptors (Lipinski definition) is 7. The van der Waals surface area contributed by atoms with Crippen LogP contribution in [0.25, 0.3) is 0 Å². The molecule has 1 heterocycles. The maximum Gasteiger partial charge on any atom is 0.407 e. The summed E-state index contributed by atoms with van der Waals surface area (Å²) in [6.45, 7) is 6.86. The largest absolute Gasteiger partial charge is 0.456 e. The minimum Gasteiger partial charge on any atom is -0.456 e. The summed E-state index contributed by atoms with van der Waals surface area (Å²) in [6, 6.07) is 5.10. The maximum atomic E-state index is 12.0. The molecule has 28 heavy (non-hydrogen) atoms. The molecule has 154 valence electrons. The number of benzene rings is 1. The van der Waals surface area contributed by atoms with Crippen LogP contribution in [0.2, 0.25) is 0 Å². The highest BCUT2D eigenvalue weighted by Gasteiger charge is 2.18. The van der Waals surface area contributed by atoms with Crippen molar-refractivity contribution in [2.24, 2.45) is 0 Å². The van der Waals surface area contributed by atoms with E-state index in [0.29, 0.717) is 11.5 Å². The standard InChI is InChI=1S/C19H26N2O7/c1-12(13-5-6-14-15(9-13)27-11-26-14)21-16(22)10-25-17(23)7-8-20-18(24)28-19(2,3)4/h5-6,9,12H,7-8,10-11H2,1-4H3,(H,20,24)(H,21,22)/t12-/m1/s1. The van der Waals surface area contributed by atoms with Crippen LogP contribution in [0.15, 0.2) is 18.2 Å². The van der Waals surface area contributed by atoms with Gasteiger partial charge in [-0.3, -0.25) is 9.59 Å². The lowest BCUT2D eigenvalue weighted by atomic mass is 10.1. The lowest BCUT2D eigenvalue weighted by Gasteiger charge is -2.19. The van der Waals surface area contributed by atoms with Crippen LogP contribution in [0.4, 0.5) is 4.79 Å². The highest BCUT2D eigenvalue weighted by Crippen LogP contribution is 2.34. The van der Waals surface area contributed by atoms with E-state index in [4.69, 9.17) is 18.9 Å². The van der Waals surface area contributed by atoms with Gasteiger partial charge in [-0.1, -0.05) is 6.07 Å². The third-order valence-corrected chi connectivity index (χ3v) is 3.64. The smallest absolute Gasteiger partial charge is 0.407 e. The summed E-state index contributed by atoms with van der Waals surface area (Å²) < 4.78 is 20.5. The first-order chi connectivity index (χ1) is 13.1. The molecule has 0 bridgehead atoms. The number of amides is 2. The molecule has 9 nitrogen and oxygen atoms in total. The highest BCUT2D eigenvalue weighted by molar-refractivity contribution is 5.81. The van der Waals surface area contributed by atoms with Gasteiger partial charge in [0.1, 0.15) is 5.60 Å². The molecule has 1 aliphatic rings. The average Bonchev–Trinajstić information content (AvgIpc) is 3.06. The van der Waals surface area contributed by atoms with Gasteiger partial charge in [-0.05, 0) is 45.4 Å². The van der Waals surface area contributed by atoms with Crippen molar-refractivity contribution in [3.05, 3.63) is 23.8 Å². The summed E-state index contributed by atoms with van der Waals surface area (Å²) in [6.07, 6.45) is -0.680. The number of rotatable bonds is 7. The van der Waals surface area contributed by atoms with E-state index in [9.17, 15) is 14.4 Å². The normalized spacial score (nSPS) is 13.4. The van der Waals surface area contributed by atoms with Gasteiger partial charge in [0.25, 0.3) is 5.91 Å². The van der Waals surface area contributed by atoms with Crippen LogP contribution < -0.4 is 20.1 Å². The van der Waals surface area contributed by atoms with Crippen LogP contribution in [0, 0.1) is 0 Å². The number of hydrogen-bond donors (Lipinski definition) is 2. The molecule has 1 aliphatic heterocycles. The summed E-state index contributed by atoms with van der Waals surface area (Å²) in [5.74, 6) is 0.263. The van der Waals surface area contributed by atoms with Gasteiger partial charge in [0.2, 0.25) is 6.79 Å². The number of nitrogens with one attached hydrogen (secondary N) is 2. The quantitative estimate of drug-likeness (QED) is 0.681. The molecule has 2 rings (SSSR count). The first-order valence-corrected chi connectivity index (χ1v) is 8.95. The van der Waals surface area contributed by atoms with Crippen LogP contribution >= 0.6 is 0 Å². The Labute approximate surface area is 163 Å². The van der Waals surface area contributed by atoms with Crippen LogP contribution in [0.1, 0.15) is 45.7 Å². The molecule has 1 atom stereocenters. The van der Waals surface area contributed by atoms with Crippen LogP contribution in [0.3, 0.4) is 0 Å². The molecule has 2 N–H and O–H groups in total. The molecule has 0 spiro atoms. The van der Waals surface area contributed by atoms with Gasteiger partial charge in [0, 0.05) is 6.54 Å². The van der Waals surface area contributed by atoms with Crippen molar-refractivity contribution in [1.82, 2.24) is 10.6 Å². The number of esters is 1. The first-order valence-electron chi connectivity index (χ1n) is 8.95. The molecule has 0 aliphatic carbocycles. The zero-order valence-electron chi connectivity index (χ0n) is 16.5. The molecular weight excluding hydrogens is 368 g/mol. The average molecular weight is 394 g/mol. The summed E-state index contributed by atoms with van der Waals surface area (Å²) in [5, 5.41) is 5.19. The van der Waals surface area contributed by atoms with Gasteiger partial charge in [-0.2, -0.15) is 0 Å².